The smallest absolute Gasteiger partial charge is 0.230 e. The molecule has 0 atom stereocenters. The van der Waals surface area contributed by atoms with Gasteiger partial charge in [-0.2, -0.15) is 0 Å². The topological polar surface area (TPSA) is 47.1 Å². The third-order valence-electron chi connectivity index (χ3n) is 5.80. The molecule has 2 saturated heterocycles. The third kappa shape index (κ3) is 5.14. The van der Waals surface area contributed by atoms with Crippen LogP contribution in [-0.2, 0) is 22.7 Å². The Bertz CT molecular complexity index is 918. The van der Waals surface area contributed by atoms with Gasteiger partial charge in [0.15, 0.2) is 10.2 Å². The molecule has 2 aliphatic heterocycles. The highest BCUT2D eigenvalue weighted by atomic mass is 32.1. The number of benzene rings is 2. The van der Waals surface area contributed by atoms with Crippen LogP contribution in [0.5, 0.6) is 0 Å². The van der Waals surface area contributed by atoms with E-state index >= 15 is 0 Å². The highest BCUT2D eigenvalue weighted by molar-refractivity contribution is 7.80. The lowest BCUT2D eigenvalue weighted by atomic mass is 10.2. The molecular weight excluding hydrogens is 440 g/mol. The first kappa shape index (κ1) is 22.4. The van der Waals surface area contributed by atoms with Gasteiger partial charge < -0.3 is 9.80 Å². The maximum atomic E-state index is 12.5. The summed E-state index contributed by atoms with van der Waals surface area (Å²) in [6.07, 6.45) is 0.881. The summed E-state index contributed by atoms with van der Waals surface area (Å²) in [4.78, 5) is 32.5. The second kappa shape index (κ2) is 10.2. The van der Waals surface area contributed by atoms with Crippen molar-refractivity contribution < 1.29 is 9.59 Å². The standard InChI is InChI=1S/C24H26N4O2S2/c29-21-11-13-25(23(31)27(21)17-19-7-3-1-4-8-19)15-16-26-14-12-22(30)28(24(26)32)18-20-9-5-2-6-10-20/h1-10H,11-18H2. The van der Waals surface area contributed by atoms with Gasteiger partial charge in [-0.25, -0.2) is 0 Å². The Morgan fingerprint density at radius 3 is 1.38 bits per heavy atom. The third-order valence-corrected chi connectivity index (χ3v) is 6.76. The van der Waals surface area contributed by atoms with E-state index in [1.54, 1.807) is 9.80 Å². The van der Waals surface area contributed by atoms with Gasteiger partial charge in [0.1, 0.15) is 0 Å². The number of rotatable bonds is 7. The molecule has 6 nitrogen and oxygen atoms in total. The molecule has 0 N–H and O–H groups in total. The average Bonchev–Trinajstić information content (AvgIpc) is 2.81. The maximum absolute atomic E-state index is 12.5. The first-order valence-corrected chi connectivity index (χ1v) is 11.6. The Labute approximate surface area is 199 Å². The van der Waals surface area contributed by atoms with E-state index in [0.29, 0.717) is 62.3 Å². The molecule has 2 heterocycles. The molecule has 4 rings (SSSR count). The largest absolute Gasteiger partial charge is 0.346 e. The van der Waals surface area contributed by atoms with Gasteiger partial charge in [0.2, 0.25) is 11.8 Å². The summed E-state index contributed by atoms with van der Waals surface area (Å²) in [7, 11) is 0. The van der Waals surface area contributed by atoms with Crippen LogP contribution < -0.4 is 0 Å². The Morgan fingerprint density at radius 2 is 1.00 bits per heavy atom. The second-order valence-electron chi connectivity index (χ2n) is 7.97. The summed E-state index contributed by atoms with van der Waals surface area (Å²) >= 11 is 11.3. The van der Waals surface area contributed by atoms with Crippen molar-refractivity contribution in [2.75, 3.05) is 26.2 Å². The predicted molar refractivity (Wildman–Crippen MR) is 132 cm³/mol. The number of hydrogen-bond acceptors (Lipinski definition) is 4. The SMILES string of the molecule is O=C1CCN(CCN2CCC(=O)N(Cc3ccccc3)C2=S)C(=S)N1Cc1ccccc1. The van der Waals surface area contributed by atoms with Gasteiger partial charge in [0.05, 0.1) is 13.1 Å². The van der Waals surface area contributed by atoms with Gasteiger partial charge in [-0.3, -0.25) is 19.4 Å². The molecule has 2 aromatic rings. The van der Waals surface area contributed by atoms with Gasteiger partial charge in [0, 0.05) is 39.0 Å². The minimum atomic E-state index is 0.0585. The van der Waals surface area contributed by atoms with Crippen molar-refractivity contribution in [3.63, 3.8) is 0 Å². The van der Waals surface area contributed by atoms with Gasteiger partial charge in [-0.05, 0) is 35.6 Å². The lowest BCUT2D eigenvalue weighted by molar-refractivity contribution is -0.131. The molecule has 0 spiro atoms. The highest BCUT2D eigenvalue weighted by Gasteiger charge is 2.32. The van der Waals surface area contributed by atoms with Crippen molar-refractivity contribution in [2.24, 2.45) is 0 Å². The lowest BCUT2D eigenvalue weighted by Gasteiger charge is -2.40. The van der Waals surface area contributed by atoms with Crippen molar-refractivity contribution in [1.29, 1.82) is 0 Å². The van der Waals surface area contributed by atoms with Crippen molar-refractivity contribution in [1.82, 2.24) is 19.6 Å². The van der Waals surface area contributed by atoms with Crippen LogP contribution in [0.2, 0.25) is 0 Å². The molecule has 2 amide bonds. The van der Waals surface area contributed by atoms with E-state index in [9.17, 15) is 9.59 Å². The molecule has 0 unspecified atom stereocenters. The summed E-state index contributed by atoms with van der Waals surface area (Å²) in [6.45, 7) is 3.50. The lowest BCUT2D eigenvalue weighted by Crippen LogP contribution is -2.56. The first-order valence-electron chi connectivity index (χ1n) is 10.8. The second-order valence-corrected chi connectivity index (χ2v) is 8.70. The van der Waals surface area contributed by atoms with Crippen LogP contribution in [0.1, 0.15) is 24.0 Å². The zero-order chi connectivity index (χ0) is 22.5. The monoisotopic (exact) mass is 466 g/mol. The molecule has 0 saturated carbocycles. The zero-order valence-corrected chi connectivity index (χ0v) is 19.5. The molecule has 32 heavy (non-hydrogen) atoms. The predicted octanol–water partition coefficient (Wildman–Crippen LogP) is 3.03. The highest BCUT2D eigenvalue weighted by Crippen LogP contribution is 2.18. The van der Waals surface area contributed by atoms with Crippen LogP contribution in [0.3, 0.4) is 0 Å². The summed E-state index contributed by atoms with van der Waals surface area (Å²) in [5, 5.41) is 1.12. The molecule has 0 bridgehead atoms. The number of carbonyl (C=O) groups is 2. The van der Waals surface area contributed by atoms with E-state index in [-0.39, 0.29) is 11.8 Å². The van der Waals surface area contributed by atoms with Crippen LogP contribution in [0.25, 0.3) is 0 Å². The average molecular weight is 467 g/mol. The molecule has 2 fully saturated rings. The molecule has 8 heteroatoms. The van der Waals surface area contributed by atoms with E-state index in [1.165, 1.54) is 0 Å². The number of nitrogens with zero attached hydrogens (tertiary/aromatic N) is 4. The van der Waals surface area contributed by atoms with E-state index in [2.05, 4.69) is 9.80 Å². The van der Waals surface area contributed by atoms with Crippen molar-refractivity contribution >= 4 is 46.5 Å². The quantitative estimate of drug-likeness (QED) is 0.585. The van der Waals surface area contributed by atoms with E-state index in [1.807, 2.05) is 60.7 Å². The molecule has 2 aliphatic rings. The molecule has 0 aromatic heterocycles. The molecule has 2 aromatic carbocycles. The first-order chi connectivity index (χ1) is 15.5. The number of hydrogen-bond donors (Lipinski definition) is 0. The summed E-state index contributed by atoms with van der Waals surface area (Å²) in [5.74, 6) is 0.117. The van der Waals surface area contributed by atoms with Crippen molar-refractivity contribution in [3.05, 3.63) is 71.8 Å². The van der Waals surface area contributed by atoms with Gasteiger partial charge in [0.25, 0.3) is 0 Å². The molecular formula is C24H26N4O2S2. The van der Waals surface area contributed by atoms with Crippen LogP contribution in [0.4, 0.5) is 0 Å². The van der Waals surface area contributed by atoms with E-state index < -0.39 is 0 Å². The van der Waals surface area contributed by atoms with Crippen LogP contribution >= 0.6 is 24.4 Å². The Morgan fingerprint density at radius 1 is 0.625 bits per heavy atom. The zero-order valence-electron chi connectivity index (χ0n) is 17.9. The number of amides is 2. The summed E-state index contributed by atoms with van der Waals surface area (Å²) in [6, 6.07) is 19.8. The number of thiocarbonyl (C=S) groups is 2. The minimum absolute atomic E-state index is 0.0585. The fourth-order valence-corrected chi connectivity index (χ4v) is 4.67. The Hall–Kier alpha value is -2.84. The van der Waals surface area contributed by atoms with Gasteiger partial charge in [-0.1, -0.05) is 60.7 Å². The summed E-state index contributed by atoms with van der Waals surface area (Å²) in [5.41, 5.74) is 2.11. The minimum Gasteiger partial charge on any atom is -0.346 e. The molecule has 0 radical (unpaired) electrons. The van der Waals surface area contributed by atoms with Gasteiger partial charge >= 0.3 is 0 Å². The normalized spacial score (nSPS) is 17.4. The maximum Gasteiger partial charge on any atom is 0.230 e. The molecule has 166 valence electrons. The van der Waals surface area contributed by atoms with E-state index in [4.69, 9.17) is 24.4 Å². The van der Waals surface area contributed by atoms with Gasteiger partial charge in [-0.15, -0.1) is 0 Å². The fourth-order valence-electron chi connectivity index (χ4n) is 3.98. The Kier molecular flexibility index (Phi) is 7.12. The Balaban J connectivity index is 1.36. The number of carbonyl (C=O) groups excluding carboxylic acids is 2. The fraction of sp³-hybridized carbons (Fsp3) is 0.333. The van der Waals surface area contributed by atoms with Crippen molar-refractivity contribution in [2.45, 2.75) is 25.9 Å². The van der Waals surface area contributed by atoms with E-state index in [0.717, 1.165) is 11.1 Å². The van der Waals surface area contributed by atoms with Crippen LogP contribution in [0.15, 0.2) is 60.7 Å². The molecule has 0 aliphatic carbocycles. The summed E-state index contributed by atoms with van der Waals surface area (Å²) < 4.78 is 0. The van der Waals surface area contributed by atoms with Crippen molar-refractivity contribution in [3.8, 4) is 0 Å². The van der Waals surface area contributed by atoms with Crippen LogP contribution in [-0.4, -0.2) is 67.8 Å². The van der Waals surface area contributed by atoms with Crippen LogP contribution in [0, 0.1) is 0 Å².